The molecule has 2 atom stereocenters. The molecule has 4 rings (SSSR count). The zero-order valence-corrected chi connectivity index (χ0v) is 18.8. The Bertz CT molecular complexity index is 1090. The molecule has 0 radical (unpaired) electrons. The number of fused-ring (bicyclic) bond motifs is 1. The average molecular weight is 417 g/mol. The summed E-state index contributed by atoms with van der Waals surface area (Å²) < 4.78 is 4.52. The van der Waals surface area contributed by atoms with Crippen LogP contribution >= 0.6 is 0 Å². The summed E-state index contributed by atoms with van der Waals surface area (Å²) in [7, 11) is 4.12. The van der Waals surface area contributed by atoms with Crippen molar-refractivity contribution in [2.24, 2.45) is 4.99 Å². The van der Waals surface area contributed by atoms with Crippen molar-refractivity contribution in [3.63, 3.8) is 0 Å². The van der Waals surface area contributed by atoms with Gasteiger partial charge in [0.05, 0.1) is 35.2 Å². The highest BCUT2D eigenvalue weighted by Gasteiger charge is 2.34. The van der Waals surface area contributed by atoms with Gasteiger partial charge in [-0.05, 0) is 50.9 Å². The van der Waals surface area contributed by atoms with E-state index in [0.29, 0.717) is 0 Å². The van der Waals surface area contributed by atoms with Crippen LogP contribution in [0.5, 0.6) is 0 Å². The molecule has 1 saturated heterocycles. The molecule has 2 aromatic heterocycles. The zero-order valence-electron chi connectivity index (χ0n) is 18.8. The maximum absolute atomic E-state index is 5.11. The summed E-state index contributed by atoms with van der Waals surface area (Å²) in [6.07, 6.45) is 13.0. The lowest BCUT2D eigenvalue weighted by atomic mass is 9.90. The second-order valence-corrected chi connectivity index (χ2v) is 8.23. The lowest BCUT2D eigenvalue weighted by Crippen LogP contribution is -2.45. The van der Waals surface area contributed by atoms with E-state index in [0.717, 1.165) is 49.4 Å². The third-order valence-electron chi connectivity index (χ3n) is 6.39. The summed E-state index contributed by atoms with van der Waals surface area (Å²) in [6.45, 7) is 7.72. The second kappa shape index (κ2) is 9.43. The Labute approximate surface area is 184 Å². The number of rotatable bonds is 7. The predicted molar refractivity (Wildman–Crippen MR) is 127 cm³/mol. The first-order valence-electron chi connectivity index (χ1n) is 11.0. The first-order chi connectivity index (χ1) is 15.1. The Morgan fingerprint density at radius 2 is 2.10 bits per heavy atom. The number of para-hydroxylation sites is 2. The molecular formula is C25H32N6. The van der Waals surface area contributed by atoms with Crippen LogP contribution in [0.3, 0.4) is 0 Å². The lowest BCUT2D eigenvalue weighted by Gasteiger charge is -2.40. The van der Waals surface area contributed by atoms with Gasteiger partial charge in [-0.2, -0.15) is 0 Å². The van der Waals surface area contributed by atoms with E-state index in [-0.39, 0.29) is 12.1 Å². The number of likely N-dealkylation sites (tertiary alicyclic amines) is 1. The molecule has 0 N–H and O–H groups in total. The average Bonchev–Trinajstić information content (AvgIpc) is 3.42. The van der Waals surface area contributed by atoms with Gasteiger partial charge in [-0.25, -0.2) is 9.97 Å². The molecule has 0 amide bonds. The van der Waals surface area contributed by atoms with E-state index in [9.17, 15) is 0 Å². The van der Waals surface area contributed by atoms with Crippen molar-refractivity contribution in [1.29, 1.82) is 0 Å². The van der Waals surface area contributed by atoms with E-state index >= 15 is 0 Å². The summed E-state index contributed by atoms with van der Waals surface area (Å²) in [5.41, 5.74) is 4.59. The van der Waals surface area contributed by atoms with Crippen LogP contribution in [0.25, 0.3) is 11.0 Å². The molecule has 6 nitrogen and oxygen atoms in total. The molecule has 1 aromatic carbocycles. The van der Waals surface area contributed by atoms with Gasteiger partial charge in [0.2, 0.25) is 0 Å². The third-order valence-corrected chi connectivity index (χ3v) is 6.39. The highest BCUT2D eigenvalue weighted by molar-refractivity contribution is 6.03. The molecule has 1 aliphatic rings. The first kappa shape index (κ1) is 21.2. The Balaban J connectivity index is 1.69. The van der Waals surface area contributed by atoms with Gasteiger partial charge < -0.3 is 9.13 Å². The Kier molecular flexibility index (Phi) is 6.47. The molecule has 0 unspecified atom stereocenters. The molecule has 31 heavy (non-hydrogen) atoms. The molecule has 0 aliphatic carbocycles. The Hall–Kier alpha value is -2.99. The minimum atomic E-state index is 0.252. The summed E-state index contributed by atoms with van der Waals surface area (Å²) in [4.78, 5) is 16.4. The molecule has 1 fully saturated rings. The number of aromatic nitrogens is 4. The van der Waals surface area contributed by atoms with Crippen molar-refractivity contribution < 1.29 is 0 Å². The van der Waals surface area contributed by atoms with Crippen LogP contribution in [0.15, 0.2) is 72.3 Å². The van der Waals surface area contributed by atoms with Gasteiger partial charge in [-0.3, -0.25) is 9.89 Å². The van der Waals surface area contributed by atoms with E-state index in [1.165, 1.54) is 11.1 Å². The summed E-state index contributed by atoms with van der Waals surface area (Å²) in [6, 6.07) is 8.99. The second-order valence-electron chi connectivity index (χ2n) is 8.23. The number of nitrogens with zero attached hydrogens (tertiary/aromatic N) is 6. The number of aryl methyl sites for hydroxylation is 2. The molecule has 3 aromatic rings. The minimum Gasteiger partial charge on any atom is -0.336 e. The molecule has 6 heteroatoms. The highest BCUT2D eigenvalue weighted by Crippen LogP contribution is 2.35. The molecule has 0 saturated carbocycles. The van der Waals surface area contributed by atoms with Crippen LogP contribution in [0.2, 0.25) is 0 Å². The van der Waals surface area contributed by atoms with Gasteiger partial charge >= 0.3 is 0 Å². The smallest absolute Gasteiger partial charge is 0.127 e. The molecule has 162 valence electrons. The Morgan fingerprint density at radius 3 is 2.84 bits per heavy atom. The number of piperidine rings is 1. The van der Waals surface area contributed by atoms with Gasteiger partial charge in [0.15, 0.2) is 0 Å². The predicted octanol–water partition coefficient (Wildman–Crippen LogP) is 4.66. The van der Waals surface area contributed by atoms with Crippen molar-refractivity contribution in [2.45, 2.75) is 51.4 Å². The topological polar surface area (TPSA) is 51.2 Å². The minimum absolute atomic E-state index is 0.252. The van der Waals surface area contributed by atoms with Gasteiger partial charge in [0.1, 0.15) is 5.82 Å². The molecule has 0 spiro atoms. The third kappa shape index (κ3) is 4.26. The fourth-order valence-corrected chi connectivity index (χ4v) is 4.84. The number of hydrogen-bond donors (Lipinski definition) is 0. The van der Waals surface area contributed by atoms with Gasteiger partial charge in [-0.15, -0.1) is 0 Å². The molecule has 1 aliphatic heterocycles. The highest BCUT2D eigenvalue weighted by atomic mass is 15.2. The van der Waals surface area contributed by atoms with Crippen molar-refractivity contribution in [3.8, 4) is 0 Å². The van der Waals surface area contributed by atoms with Crippen LogP contribution in [-0.2, 0) is 13.1 Å². The van der Waals surface area contributed by atoms with Crippen LogP contribution in [0.4, 0.5) is 0 Å². The summed E-state index contributed by atoms with van der Waals surface area (Å²) in [5, 5.41) is 0. The summed E-state index contributed by atoms with van der Waals surface area (Å²) in [5.74, 6) is 1.15. The van der Waals surface area contributed by atoms with Crippen LogP contribution < -0.4 is 0 Å². The SMILES string of the molecule is C=C/C=C(C)\C(=N/C)[C@@H]1CCC[C@H](c2nc3ccccc3n2CCn2ccnc2)N1C. The molecule has 0 bridgehead atoms. The monoisotopic (exact) mass is 416 g/mol. The maximum atomic E-state index is 5.11. The number of benzene rings is 1. The first-order valence-corrected chi connectivity index (χ1v) is 11.0. The maximum Gasteiger partial charge on any atom is 0.127 e. The zero-order chi connectivity index (χ0) is 21.8. The normalized spacial score (nSPS) is 21.0. The van der Waals surface area contributed by atoms with Crippen molar-refractivity contribution >= 4 is 16.7 Å². The van der Waals surface area contributed by atoms with Gasteiger partial charge in [-0.1, -0.05) is 30.9 Å². The number of hydrogen-bond acceptors (Lipinski definition) is 4. The number of aliphatic imine (C=N–C) groups is 1. The van der Waals surface area contributed by atoms with Gasteiger partial charge in [0.25, 0.3) is 0 Å². The van der Waals surface area contributed by atoms with E-state index in [4.69, 9.17) is 4.98 Å². The van der Waals surface area contributed by atoms with Crippen molar-refractivity contribution in [2.75, 3.05) is 14.1 Å². The number of allylic oxidation sites excluding steroid dienone is 2. The van der Waals surface area contributed by atoms with Crippen LogP contribution in [0, 0.1) is 0 Å². The van der Waals surface area contributed by atoms with Crippen LogP contribution in [0.1, 0.15) is 38.1 Å². The fourth-order valence-electron chi connectivity index (χ4n) is 4.84. The van der Waals surface area contributed by atoms with E-state index in [1.54, 1.807) is 0 Å². The van der Waals surface area contributed by atoms with Crippen molar-refractivity contribution in [3.05, 3.63) is 73.1 Å². The van der Waals surface area contributed by atoms with Crippen molar-refractivity contribution in [1.82, 2.24) is 24.0 Å². The lowest BCUT2D eigenvalue weighted by molar-refractivity contribution is 0.144. The standard InChI is InChI=1S/C25H32N6/c1-5-9-19(2)24(26-3)22-12-8-13-23(29(22)4)25-28-20-10-6-7-11-21(20)31(25)17-16-30-15-14-27-18-30/h5-7,9-11,14-15,18,22-23H,1,8,12-13,16-17H2,2-4H3/b19-9-,26-24+/t22-,23+/m0/s1. The largest absolute Gasteiger partial charge is 0.336 e. The van der Waals surface area contributed by atoms with E-state index in [1.807, 2.05) is 31.8 Å². The van der Waals surface area contributed by atoms with Crippen LogP contribution in [-0.4, -0.2) is 49.9 Å². The number of imidazole rings is 2. The Morgan fingerprint density at radius 1 is 1.26 bits per heavy atom. The quantitative estimate of drug-likeness (QED) is 0.416. The molecule has 3 heterocycles. The summed E-state index contributed by atoms with van der Waals surface area (Å²) >= 11 is 0. The van der Waals surface area contributed by atoms with Gasteiger partial charge in [0, 0.05) is 32.5 Å². The molecular weight excluding hydrogens is 384 g/mol. The van der Waals surface area contributed by atoms with E-state index < -0.39 is 0 Å². The fraction of sp³-hybridized carbons (Fsp3) is 0.400. The van der Waals surface area contributed by atoms with E-state index in [2.05, 4.69) is 74.9 Å².